The van der Waals surface area contributed by atoms with E-state index in [4.69, 9.17) is 14.6 Å². The first-order valence-electron chi connectivity index (χ1n) is 7.80. The summed E-state index contributed by atoms with van der Waals surface area (Å²) in [5.41, 5.74) is 1.58. The highest BCUT2D eigenvalue weighted by atomic mass is 79.9. The Hall–Kier alpha value is -1.23. The number of hydrogen-bond donors (Lipinski definition) is 0. The molecule has 0 spiro atoms. The van der Waals surface area contributed by atoms with E-state index in [1.807, 2.05) is 37.6 Å². The summed E-state index contributed by atoms with van der Waals surface area (Å²) in [6.07, 6.45) is 4.43. The lowest BCUT2D eigenvalue weighted by molar-refractivity contribution is -0.0132. The predicted molar refractivity (Wildman–Crippen MR) is 93.5 cm³/mol. The van der Waals surface area contributed by atoms with E-state index in [1.165, 1.54) is 12.8 Å². The highest BCUT2D eigenvalue weighted by molar-refractivity contribution is 9.10. The zero-order chi connectivity index (χ0) is 16.3. The van der Waals surface area contributed by atoms with Gasteiger partial charge in [0.15, 0.2) is 0 Å². The fraction of sp³-hybridized carbons (Fsp3) is 0.588. The van der Waals surface area contributed by atoms with Crippen LogP contribution >= 0.6 is 15.9 Å². The van der Waals surface area contributed by atoms with Crippen LogP contribution in [0.4, 0.5) is 0 Å². The van der Waals surface area contributed by atoms with Gasteiger partial charge in [-0.25, -0.2) is 4.98 Å². The predicted octanol–water partition coefficient (Wildman–Crippen LogP) is 4.77. The number of aryl methyl sites for hydroxylation is 1. The summed E-state index contributed by atoms with van der Waals surface area (Å²) >= 11 is 3.52. The van der Waals surface area contributed by atoms with E-state index in [-0.39, 0.29) is 5.60 Å². The number of hydrogen-bond acceptors (Lipinski definition) is 3. The number of methoxy groups -OCH3 is 1. The van der Waals surface area contributed by atoms with E-state index >= 15 is 0 Å². The minimum Gasteiger partial charge on any atom is -0.495 e. The number of aromatic nitrogens is 2. The van der Waals surface area contributed by atoms with Crippen LogP contribution in [0.1, 0.15) is 52.8 Å². The van der Waals surface area contributed by atoms with E-state index in [1.54, 1.807) is 7.11 Å². The summed E-state index contributed by atoms with van der Waals surface area (Å²) in [6.45, 7) is 8.34. The molecule has 0 N–H and O–H groups in total. The minimum absolute atomic E-state index is 0.284. The Kier molecular flexibility index (Phi) is 5.37. The second-order valence-electron chi connectivity index (χ2n) is 6.46. The zero-order valence-electron chi connectivity index (χ0n) is 14.1. The molecule has 1 aromatic heterocycles. The Balaban J connectivity index is 2.49. The van der Waals surface area contributed by atoms with Crippen LogP contribution in [-0.2, 0) is 6.42 Å². The lowest BCUT2D eigenvalue weighted by atomic mass is 10.2. The van der Waals surface area contributed by atoms with Crippen LogP contribution in [0.15, 0.2) is 16.6 Å². The van der Waals surface area contributed by atoms with Crippen molar-refractivity contribution in [3.05, 3.63) is 22.4 Å². The van der Waals surface area contributed by atoms with Gasteiger partial charge in [0.05, 0.1) is 17.1 Å². The molecule has 0 fully saturated rings. The second kappa shape index (κ2) is 6.90. The van der Waals surface area contributed by atoms with Crippen molar-refractivity contribution in [2.75, 3.05) is 7.11 Å². The molecule has 0 amide bonds. The second-order valence-corrected chi connectivity index (χ2v) is 7.31. The summed E-state index contributed by atoms with van der Waals surface area (Å²) in [4.78, 5) is 10.9. The van der Waals surface area contributed by atoms with Crippen LogP contribution in [-0.4, -0.2) is 22.4 Å². The number of benzene rings is 1. The van der Waals surface area contributed by atoms with Crippen molar-refractivity contribution >= 4 is 27.0 Å². The van der Waals surface area contributed by atoms with Gasteiger partial charge in [0.25, 0.3) is 0 Å². The molecule has 0 atom stereocenters. The topological polar surface area (TPSA) is 36.3 Å². The van der Waals surface area contributed by atoms with Gasteiger partial charge in [-0.05, 0) is 49.2 Å². The standard InChI is InChI=1S/C17H25BrN2O2/c1-6-7-8-9-16-19-13-10-12(18)15(21-5)11-14(13)20(16)22-17(2,3)4/h10-11H,6-9H2,1-5H3. The van der Waals surface area contributed by atoms with E-state index in [9.17, 15) is 0 Å². The molecule has 2 aromatic rings. The third-order valence-corrected chi connectivity index (χ3v) is 3.94. The molecule has 1 heterocycles. The van der Waals surface area contributed by atoms with E-state index in [0.717, 1.165) is 39.9 Å². The molecule has 1 aromatic carbocycles. The number of fused-ring (bicyclic) bond motifs is 1. The minimum atomic E-state index is -0.284. The van der Waals surface area contributed by atoms with Crippen molar-refractivity contribution in [1.82, 2.24) is 9.71 Å². The molecule has 5 heteroatoms. The van der Waals surface area contributed by atoms with Crippen molar-refractivity contribution in [3.63, 3.8) is 0 Å². The average molecular weight is 369 g/mol. The smallest absolute Gasteiger partial charge is 0.146 e. The third kappa shape index (κ3) is 3.94. The number of ether oxygens (including phenoxy) is 1. The summed E-state index contributed by atoms with van der Waals surface area (Å²) in [6, 6.07) is 3.96. The van der Waals surface area contributed by atoms with Gasteiger partial charge in [0.1, 0.15) is 22.7 Å². The monoisotopic (exact) mass is 368 g/mol. The molecule has 0 bridgehead atoms. The van der Waals surface area contributed by atoms with Crippen LogP contribution in [0.25, 0.3) is 11.0 Å². The Bertz CT molecular complexity index is 644. The molecule has 4 nitrogen and oxygen atoms in total. The van der Waals surface area contributed by atoms with Crippen LogP contribution in [0.3, 0.4) is 0 Å². The van der Waals surface area contributed by atoms with Crippen LogP contribution in [0.2, 0.25) is 0 Å². The summed E-state index contributed by atoms with van der Waals surface area (Å²) in [5.74, 6) is 1.75. The molecule has 122 valence electrons. The normalized spacial score (nSPS) is 11.9. The van der Waals surface area contributed by atoms with Gasteiger partial charge in [-0.1, -0.05) is 19.8 Å². The molecule has 0 saturated carbocycles. The fourth-order valence-electron chi connectivity index (χ4n) is 2.33. The van der Waals surface area contributed by atoms with Gasteiger partial charge in [-0.3, -0.25) is 0 Å². The van der Waals surface area contributed by atoms with Gasteiger partial charge in [-0.15, -0.1) is 0 Å². The molecule has 2 rings (SSSR count). The van der Waals surface area contributed by atoms with Gasteiger partial charge in [-0.2, -0.15) is 4.73 Å². The van der Waals surface area contributed by atoms with E-state index < -0.39 is 0 Å². The summed E-state index contributed by atoms with van der Waals surface area (Å²) < 4.78 is 8.18. The molecule has 0 saturated heterocycles. The van der Waals surface area contributed by atoms with E-state index in [0.29, 0.717) is 0 Å². The molecule has 0 radical (unpaired) electrons. The molecular weight excluding hydrogens is 344 g/mol. The molecule has 0 aliphatic heterocycles. The van der Waals surface area contributed by atoms with Crippen LogP contribution in [0, 0.1) is 0 Å². The first-order valence-corrected chi connectivity index (χ1v) is 8.59. The maximum absolute atomic E-state index is 6.14. The Labute approximate surface area is 140 Å². The van der Waals surface area contributed by atoms with Crippen molar-refractivity contribution in [3.8, 4) is 5.75 Å². The third-order valence-electron chi connectivity index (χ3n) is 3.32. The maximum Gasteiger partial charge on any atom is 0.146 e. The zero-order valence-corrected chi connectivity index (χ0v) is 15.7. The lowest BCUT2D eigenvalue weighted by Gasteiger charge is -2.23. The van der Waals surface area contributed by atoms with E-state index in [2.05, 4.69) is 22.9 Å². The van der Waals surface area contributed by atoms with Gasteiger partial charge < -0.3 is 9.57 Å². The quantitative estimate of drug-likeness (QED) is 0.689. The Morgan fingerprint density at radius 2 is 1.95 bits per heavy atom. The first kappa shape index (κ1) is 17.1. The van der Waals surface area contributed by atoms with Gasteiger partial charge >= 0.3 is 0 Å². The molecule has 0 aliphatic rings. The molecule has 0 aliphatic carbocycles. The van der Waals surface area contributed by atoms with Crippen LogP contribution < -0.4 is 9.57 Å². The van der Waals surface area contributed by atoms with Crippen LogP contribution in [0.5, 0.6) is 5.75 Å². The van der Waals surface area contributed by atoms with Crippen molar-refractivity contribution < 1.29 is 9.57 Å². The lowest BCUT2D eigenvalue weighted by Crippen LogP contribution is -2.32. The number of halogens is 1. The van der Waals surface area contributed by atoms with Crippen molar-refractivity contribution in [2.24, 2.45) is 0 Å². The summed E-state index contributed by atoms with van der Waals surface area (Å²) in [7, 11) is 1.67. The first-order chi connectivity index (χ1) is 10.4. The molecular formula is C17H25BrN2O2. The van der Waals surface area contributed by atoms with Crippen molar-refractivity contribution in [1.29, 1.82) is 0 Å². The van der Waals surface area contributed by atoms with Gasteiger partial charge in [0.2, 0.25) is 0 Å². The number of unbranched alkanes of at least 4 members (excludes halogenated alkanes) is 2. The average Bonchev–Trinajstić information content (AvgIpc) is 2.73. The van der Waals surface area contributed by atoms with Gasteiger partial charge in [0, 0.05) is 12.5 Å². The SMILES string of the molecule is CCCCCc1nc2cc(Br)c(OC)cc2n1OC(C)(C)C. The molecule has 22 heavy (non-hydrogen) atoms. The molecule has 0 unspecified atom stereocenters. The highest BCUT2D eigenvalue weighted by Crippen LogP contribution is 2.31. The van der Waals surface area contributed by atoms with Crippen molar-refractivity contribution in [2.45, 2.75) is 59.0 Å². The number of nitrogens with zero attached hydrogens (tertiary/aromatic N) is 2. The fourth-order valence-corrected chi connectivity index (χ4v) is 2.82. The highest BCUT2D eigenvalue weighted by Gasteiger charge is 2.20. The number of imidazole rings is 1. The maximum atomic E-state index is 6.14. The number of rotatable bonds is 6. The summed E-state index contributed by atoms with van der Waals surface area (Å²) in [5, 5.41) is 0. The Morgan fingerprint density at radius 1 is 1.23 bits per heavy atom. The largest absolute Gasteiger partial charge is 0.495 e. The Morgan fingerprint density at radius 3 is 2.55 bits per heavy atom.